The van der Waals surface area contributed by atoms with Crippen molar-refractivity contribution in [2.45, 2.75) is 25.4 Å². The number of H-pyrrole nitrogens is 1. The highest BCUT2D eigenvalue weighted by Gasteiger charge is 2.21. The number of hydrogen-bond acceptors (Lipinski definition) is 4. The van der Waals surface area contributed by atoms with E-state index in [1.54, 1.807) is 6.92 Å². The quantitative estimate of drug-likeness (QED) is 0.758. The number of anilines is 1. The van der Waals surface area contributed by atoms with E-state index >= 15 is 0 Å². The van der Waals surface area contributed by atoms with Crippen molar-refractivity contribution >= 4 is 15.7 Å². The van der Waals surface area contributed by atoms with Crippen LogP contribution < -0.4 is 10.0 Å². The zero-order valence-corrected chi connectivity index (χ0v) is 12.6. The largest absolute Gasteiger partial charge is 0.313 e. The maximum absolute atomic E-state index is 13.5. The van der Waals surface area contributed by atoms with Crippen molar-refractivity contribution in [1.82, 2.24) is 15.5 Å². The van der Waals surface area contributed by atoms with Crippen LogP contribution >= 0.6 is 0 Å². The van der Waals surface area contributed by atoms with E-state index < -0.39 is 15.8 Å². The molecule has 3 N–H and O–H groups in total. The molecule has 0 atom stereocenters. The molecule has 0 fully saturated rings. The predicted octanol–water partition coefficient (Wildman–Crippen LogP) is 1.77. The van der Waals surface area contributed by atoms with E-state index in [1.165, 1.54) is 18.3 Å². The molecule has 0 aliphatic carbocycles. The zero-order chi connectivity index (χ0) is 15.5. The predicted molar refractivity (Wildman–Crippen MR) is 77.9 cm³/mol. The fraction of sp³-hybridized carbons (Fsp3) is 0.308. The standard InChI is InChI=1S/C13H17FN4O2S/c1-3-15-7-10-8-16-17-13(10)21(19,20)18-11-5-4-9(2)12(14)6-11/h4-6,8,15,18H,3,7H2,1-2H3,(H,16,17). The van der Waals surface area contributed by atoms with Gasteiger partial charge in [0.1, 0.15) is 5.82 Å². The lowest BCUT2D eigenvalue weighted by Crippen LogP contribution is -2.18. The molecule has 1 aromatic heterocycles. The molecule has 8 heteroatoms. The number of aromatic amines is 1. The summed E-state index contributed by atoms with van der Waals surface area (Å²) in [7, 11) is -3.84. The van der Waals surface area contributed by atoms with Gasteiger partial charge in [0.25, 0.3) is 10.0 Å². The molecule has 0 saturated heterocycles. The Balaban J connectivity index is 2.26. The summed E-state index contributed by atoms with van der Waals surface area (Å²) in [5, 5.41) is 9.23. The highest BCUT2D eigenvalue weighted by Crippen LogP contribution is 2.19. The summed E-state index contributed by atoms with van der Waals surface area (Å²) >= 11 is 0. The van der Waals surface area contributed by atoms with Crippen molar-refractivity contribution in [2.24, 2.45) is 0 Å². The van der Waals surface area contributed by atoms with Gasteiger partial charge in [-0.1, -0.05) is 13.0 Å². The molecule has 1 aromatic carbocycles. The normalized spacial score (nSPS) is 11.6. The second kappa shape index (κ2) is 6.23. The van der Waals surface area contributed by atoms with Gasteiger partial charge in [0.05, 0.1) is 11.9 Å². The summed E-state index contributed by atoms with van der Waals surface area (Å²) in [6.07, 6.45) is 1.45. The average Bonchev–Trinajstić information content (AvgIpc) is 2.89. The Morgan fingerprint density at radius 1 is 1.38 bits per heavy atom. The van der Waals surface area contributed by atoms with Crippen LogP contribution in [0.3, 0.4) is 0 Å². The van der Waals surface area contributed by atoms with Crippen LogP contribution in [-0.4, -0.2) is 25.2 Å². The third-order valence-electron chi connectivity index (χ3n) is 2.94. The minimum Gasteiger partial charge on any atom is -0.313 e. The lowest BCUT2D eigenvalue weighted by atomic mass is 10.2. The van der Waals surface area contributed by atoms with Gasteiger partial charge < -0.3 is 5.32 Å². The maximum atomic E-state index is 13.5. The topological polar surface area (TPSA) is 86.9 Å². The van der Waals surface area contributed by atoms with E-state index in [1.807, 2.05) is 6.92 Å². The molecule has 0 spiro atoms. The van der Waals surface area contributed by atoms with Crippen molar-refractivity contribution in [2.75, 3.05) is 11.3 Å². The Labute approximate surface area is 122 Å². The van der Waals surface area contributed by atoms with Gasteiger partial charge in [0.2, 0.25) is 0 Å². The SMILES string of the molecule is CCNCc1cn[nH]c1S(=O)(=O)Nc1ccc(C)c(F)c1. The number of benzene rings is 1. The number of halogens is 1. The van der Waals surface area contributed by atoms with Crippen molar-refractivity contribution in [1.29, 1.82) is 0 Å². The van der Waals surface area contributed by atoms with E-state index in [0.29, 0.717) is 24.2 Å². The molecule has 0 saturated carbocycles. The minimum atomic E-state index is -3.84. The summed E-state index contributed by atoms with van der Waals surface area (Å²) in [6.45, 7) is 4.62. The smallest absolute Gasteiger partial charge is 0.279 e. The van der Waals surface area contributed by atoms with Crippen LogP contribution in [0.2, 0.25) is 0 Å². The lowest BCUT2D eigenvalue weighted by molar-refractivity contribution is 0.594. The van der Waals surface area contributed by atoms with Crippen LogP contribution in [-0.2, 0) is 16.6 Å². The number of aromatic nitrogens is 2. The molecular weight excluding hydrogens is 295 g/mol. The summed E-state index contributed by atoms with van der Waals surface area (Å²) < 4.78 is 40.4. The molecule has 21 heavy (non-hydrogen) atoms. The first-order chi connectivity index (χ1) is 9.94. The molecule has 0 bridgehead atoms. The van der Waals surface area contributed by atoms with E-state index in [2.05, 4.69) is 20.2 Å². The Morgan fingerprint density at radius 3 is 2.81 bits per heavy atom. The Kier molecular flexibility index (Phi) is 4.59. The number of nitrogens with zero attached hydrogens (tertiary/aromatic N) is 1. The molecule has 0 radical (unpaired) electrons. The first-order valence-corrected chi connectivity index (χ1v) is 7.94. The van der Waals surface area contributed by atoms with Crippen LogP contribution in [0.5, 0.6) is 0 Å². The van der Waals surface area contributed by atoms with Crippen molar-refractivity contribution in [3.8, 4) is 0 Å². The number of rotatable bonds is 6. The second-order valence-corrected chi connectivity index (χ2v) is 6.19. The second-order valence-electron chi connectivity index (χ2n) is 4.57. The third kappa shape index (κ3) is 3.59. The Morgan fingerprint density at radius 2 is 2.14 bits per heavy atom. The van der Waals surface area contributed by atoms with Crippen LogP contribution in [0.25, 0.3) is 0 Å². The Bertz CT molecular complexity index is 728. The fourth-order valence-electron chi connectivity index (χ4n) is 1.78. The van der Waals surface area contributed by atoms with Crippen molar-refractivity contribution in [3.05, 3.63) is 41.3 Å². The molecule has 2 aromatic rings. The molecule has 6 nitrogen and oxygen atoms in total. The summed E-state index contributed by atoms with van der Waals surface area (Å²) in [6, 6.07) is 4.17. The van der Waals surface area contributed by atoms with Crippen LogP contribution in [0.1, 0.15) is 18.1 Å². The molecular formula is C13H17FN4O2S. The van der Waals surface area contributed by atoms with Gasteiger partial charge in [-0.15, -0.1) is 0 Å². The van der Waals surface area contributed by atoms with E-state index in [4.69, 9.17) is 0 Å². The number of aryl methyl sites for hydroxylation is 1. The van der Waals surface area contributed by atoms with E-state index in [9.17, 15) is 12.8 Å². The van der Waals surface area contributed by atoms with Crippen molar-refractivity contribution in [3.63, 3.8) is 0 Å². The zero-order valence-electron chi connectivity index (χ0n) is 11.8. The molecule has 0 aliphatic heterocycles. The van der Waals surface area contributed by atoms with Gasteiger partial charge >= 0.3 is 0 Å². The molecule has 1 heterocycles. The molecule has 0 amide bonds. The fourth-order valence-corrected chi connectivity index (χ4v) is 2.96. The minimum absolute atomic E-state index is 0.0237. The van der Waals surface area contributed by atoms with Crippen molar-refractivity contribution < 1.29 is 12.8 Å². The molecule has 0 unspecified atom stereocenters. The highest BCUT2D eigenvalue weighted by molar-refractivity contribution is 7.92. The van der Waals surface area contributed by atoms with Gasteiger partial charge in [-0.3, -0.25) is 9.82 Å². The van der Waals surface area contributed by atoms with Crippen LogP contribution in [0.15, 0.2) is 29.4 Å². The van der Waals surface area contributed by atoms with Gasteiger partial charge in [-0.25, -0.2) is 4.39 Å². The highest BCUT2D eigenvalue weighted by atomic mass is 32.2. The van der Waals surface area contributed by atoms with Crippen LogP contribution in [0, 0.1) is 12.7 Å². The monoisotopic (exact) mass is 312 g/mol. The van der Waals surface area contributed by atoms with Gasteiger partial charge in [0.15, 0.2) is 5.03 Å². The lowest BCUT2D eigenvalue weighted by Gasteiger charge is -2.09. The molecule has 2 rings (SSSR count). The maximum Gasteiger partial charge on any atom is 0.279 e. The Hall–Kier alpha value is -1.93. The van der Waals surface area contributed by atoms with Gasteiger partial charge in [-0.05, 0) is 31.2 Å². The van der Waals surface area contributed by atoms with Gasteiger partial charge in [0, 0.05) is 12.1 Å². The summed E-state index contributed by atoms with van der Waals surface area (Å²) in [5.41, 5.74) is 1.14. The van der Waals surface area contributed by atoms with Gasteiger partial charge in [-0.2, -0.15) is 13.5 Å². The van der Waals surface area contributed by atoms with E-state index in [-0.39, 0.29) is 10.7 Å². The average molecular weight is 312 g/mol. The number of nitrogens with one attached hydrogen (secondary N) is 3. The van der Waals surface area contributed by atoms with E-state index in [0.717, 1.165) is 6.07 Å². The first-order valence-electron chi connectivity index (χ1n) is 6.46. The van der Waals surface area contributed by atoms with Crippen LogP contribution in [0.4, 0.5) is 10.1 Å². The molecule has 0 aliphatic rings. The third-order valence-corrected chi connectivity index (χ3v) is 4.33. The summed E-state index contributed by atoms with van der Waals surface area (Å²) in [5.74, 6) is -0.465. The number of sulfonamides is 1. The number of hydrogen-bond donors (Lipinski definition) is 3. The molecule has 114 valence electrons. The summed E-state index contributed by atoms with van der Waals surface area (Å²) in [4.78, 5) is 0. The first kappa shape index (κ1) is 15.5.